The highest BCUT2D eigenvalue weighted by Gasteiger charge is 2.31. The molecule has 2 fully saturated rings. The first-order valence-electron chi connectivity index (χ1n) is 12.9. The predicted octanol–water partition coefficient (Wildman–Crippen LogP) is 4.41. The van der Waals surface area contributed by atoms with Crippen molar-refractivity contribution >= 4 is 27.6 Å². The Kier molecular flexibility index (Phi) is 7.03. The molecule has 8 nitrogen and oxygen atoms in total. The highest BCUT2D eigenvalue weighted by atomic mass is 32.1. The lowest BCUT2D eigenvalue weighted by Gasteiger charge is -2.38. The number of amides is 1. The van der Waals surface area contributed by atoms with Crippen molar-refractivity contribution in [1.29, 1.82) is 0 Å². The lowest BCUT2D eigenvalue weighted by Crippen LogP contribution is -2.46. The highest BCUT2D eigenvalue weighted by molar-refractivity contribution is 7.18. The summed E-state index contributed by atoms with van der Waals surface area (Å²) in [5.41, 5.74) is 2.09. The Morgan fingerprint density at radius 1 is 1.06 bits per heavy atom. The Balaban J connectivity index is 1.13. The monoisotopic (exact) mass is 508 g/mol. The van der Waals surface area contributed by atoms with Gasteiger partial charge in [-0.05, 0) is 37.7 Å². The first kappa shape index (κ1) is 23.6. The Labute approximate surface area is 215 Å². The molecule has 36 heavy (non-hydrogen) atoms. The van der Waals surface area contributed by atoms with Crippen molar-refractivity contribution in [3.05, 3.63) is 52.7 Å². The number of carbonyl (C=O) groups excluding carboxylic acids is 1. The molecular formula is C27H32N4O4S. The van der Waals surface area contributed by atoms with Crippen LogP contribution in [0.1, 0.15) is 41.7 Å². The minimum atomic E-state index is -0.287. The zero-order chi connectivity index (χ0) is 24.3. The number of hydrogen-bond donors (Lipinski definition) is 0. The molecule has 1 amide bonds. The van der Waals surface area contributed by atoms with Crippen LogP contribution in [0.4, 0.5) is 4.79 Å². The van der Waals surface area contributed by atoms with Crippen molar-refractivity contribution in [3.63, 3.8) is 0 Å². The summed E-state index contributed by atoms with van der Waals surface area (Å²) in [5.74, 6) is 0.659. The smallest absolute Gasteiger partial charge is 0.410 e. The number of carbonyl (C=O) groups is 1. The van der Waals surface area contributed by atoms with E-state index in [1.165, 1.54) is 4.88 Å². The van der Waals surface area contributed by atoms with Crippen LogP contribution in [-0.2, 0) is 29.0 Å². The molecule has 0 spiro atoms. The maximum Gasteiger partial charge on any atom is 0.410 e. The lowest BCUT2D eigenvalue weighted by atomic mass is 9.91. The largest absolute Gasteiger partial charge is 0.474 e. The summed E-state index contributed by atoms with van der Waals surface area (Å²) in [6.45, 7) is 5.17. The molecule has 0 radical (unpaired) electrons. The van der Waals surface area contributed by atoms with E-state index in [1.807, 2.05) is 30.3 Å². The van der Waals surface area contributed by atoms with Gasteiger partial charge in [-0.2, -0.15) is 0 Å². The van der Waals surface area contributed by atoms with E-state index in [1.54, 1.807) is 22.6 Å². The molecule has 2 aliphatic heterocycles. The quantitative estimate of drug-likeness (QED) is 0.505. The molecule has 1 saturated carbocycles. The van der Waals surface area contributed by atoms with E-state index in [4.69, 9.17) is 14.2 Å². The van der Waals surface area contributed by atoms with Gasteiger partial charge in [-0.25, -0.2) is 14.8 Å². The third kappa shape index (κ3) is 5.05. The van der Waals surface area contributed by atoms with Crippen LogP contribution in [0.2, 0.25) is 0 Å². The highest BCUT2D eigenvalue weighted by Crippen LogP contribution is 2.39. The number of ether oxygens (including phenoxy) is 3. The van der Waals surface area contributed by atoms with Crippen molar-refractivity contribution < 1.29 is 19.0 Å². The standard InChI is InChI=1S/C27H32N4O4S/c32-27(34-17-19-4-2-1-3-5-19)31-11-10-23-22(16-31)24-25(28-18-29-26(24)36-23)35-21-8-6-20(7-9-21)30-12-14-33-15-13-30/h1-5,18,20-21H,6-17H2/t20-,21-. The molecule has 0 unspecified atom stereocenters. The van der Waals surface area contributed by atoms with Crippen molar-refractivity contribution in [2.75, 3.05) is 32.8 Å². The number of rotatable bonds is 5. The Morgan fingerprint density at radius 3 is 2.67 bits per heavy atom. The van der Waals surface area contributed by atoms with Gasteiger partial charge in [0.2, 0.25) is 5.88 Å². The maximum atomic E-state index is 12.8. The van der Waals surface area contributed by atoms with Crippen molar-refractivity contribution in [1.82, 2.24) is 19.8 Å². The minimum absolute atomic E-state index is 0.159. The summed E-state index contributed by atoms with van der Waals surface area (Å²) in [5, 5.41) is 0.966. The van der Waals surface area contributed by atoms with Crippen LogP contribution in [0, 0.1) is 0 Å². The van der Waals surface area contributed by atoms with E-state index in [9.17, 15) is 4.79 Å². The fraction of sp³-hybridized carbons (Fsp3) is 0.519. The first-order chi connectivity index (χ1) is 17.7. The average Bonchev–Trinajstić information content (AvgIpc) is 3.32. The second-order valence-corrected chi connectivity index (χ2v) is 10.9. The van der Waals surface area contributed by atoms with Gasteiger partial charge in [0.05, 0.1) is 25.1 Å². The molecule has 4 heterocycles. The normalized spacial score (nSPS) is 22.8. The third-order valence-electron chi connectivity index (χ3n) is 7.54. The van der Waals surface area contributed by atoms with Gasteiger partial charge in [-0.15, -0.1) is 11.3 Å². The van der Waals surface area contributed by atoms with Crippen LogP contribution in [-0.4, -0.2) is 70.9 Å². The number of nitrogens with zero attached hydrogens (tertiary/aromatic N) is 4. The molecule has 0 atom stereocenters. The molecule has 1 aliphatic carbocycles. The lowest BCUT2D eigenvalue weighted by molar-refractivity contribution is -0.00126. The molecule has 3 aliphatic rings. The van der Waals surface area contributed by atoms with E-state index in [0.717, 1.165) is 79.8 Å². The molecule has 0 N–H and O–H groups in total. The summed E-state index contributed by atoms with van der Waals surface area (Å²) < 4.78 is 17.6. The van der Waals surface area contributed by atoms with Gasteiger partial charge < -0.3 is 19.1 Å². The van der Waals surface area contributed by atoms with E-state index in [2.05, 4.69) is 14.9 Å². The zero-order valence-electron chi connectivity index (χ0n) is 20.4. The second kappa shape index (κ2) is 10.7. The number of aromatic nitrogens is 2. The van der Waals surface area contributed by atoms with Crippen LogP contribution in [0.25, 0.3) is 10.2 Å². The van der Waals surface area contributed by atoms with Crippen LogP contribution >= 0.6 is 11.3 Å². The van der Waals surface area contributed by atoms with Crippen LogP contribution in [0.3, 0.4) is 0 Å². The Hall–Kier alpha value is -2.75. The number of hydrogen-bond acceptors (Lipinski definition) is 8. The molecule has 9 heteroatoms. The van der Waals surface area contributed by atoms with E-state index in [-0.39, 0.29) is 18.8 Å². The predicted molar refractivity (Wildman–Crippen MR) is 137 cm³/mol. The van der Waals surface area contributed by atoms with Gasteiger partial charge >= 0.3 is 6.09 Å². The van der Waals surface area contributed by atoms with Gasteiger partial charge in [-0.1, -0.05) is 30.3 Å². The van der Waals surface area contributed by atoms with Gasteiger partial charge in [0.25, 0.3) is 0 Å². The van der Waals surface area contributed by atoms with E-state index >= 15 is 0 Å². The Bertz CT molecular complexity index is 1190. The topological polar surface area (TPSA) is 77.0 Å². The molecule has 2 aromatic heterocycles. The summed E-state index contributed by atoms with van der Waals surface area (Å²) >= 11 is 1.69. The molecule has 6 rings (SSSR count). The third-order valence-corrected chi connectivity index (χ3v) is 8.74. The fourth-order valence-corrected chi connectivity index (χ4v) is 6.70. The number of thiophene rings is 1. The van der Waals surface area contributed by atoms with Crippen molar-refractivity contribution in [2.24, 2.45) is 0 Å². The van der Waals surface area contributed by atoms with Gasteiger partial charge in [-0.3, -0.25) is 4.90 Å². The summed E-state index contributed by atoms with van der Waals surface area (Å²) in [4.78, 5) is 28.5. The molecule has 1 saturated heterocycles. The van der Waals surface area contributed by atoms with Crippen LogP contribution < -0.4 is 4.74 Å². The fourth-order valence-electron chi connectivity index (χ4n) is 5.57. The summed E-state index contributed by atoms with van der Waals surface area (Å²) in [7, 11) is 0. The van der Waals surface area contributed by atoms with E-state index in [0.29, 0.717) is 25.0 Å². The minimum Gasteiger partial charge on any atom is -0.474 e. The number of benzene rings is 1. The maximum absolute atomic E-state index is 12.8. The summed E-state index contributed by atoms with van der Waals surface area (Å²) in [6.07, 6.45) is 6.60. The van der Waals surface area contributed by atoms with Crippen molar-refractivity contribution in [2.45, 2.75) is 57.4 Å². The first-order valence-corrected chi connectivity index (χ1v) is 13.8. The molecule has 0 bridgehead atoms. The average molecular weight is 509 g/mol. The second-order valence-electron chi connectivity index (χ2n) is 9.77. The zero-order valence-corrected chi connectivity index (χ0v) is 21.3. The van der Waals surface area contributed by atoms with Gasteiger partial charge in [0.15, 0.2) is 0 Å². The number of morpholine rings is 1. The number of fused-ring (bicyclic) bond motifs is 3. The molecular weight excluding hydrogens is 476 g/mol. The Morgan fingerprint density at radius 2 is 1.86 bits per heavy atom. The SMILES string of the molecule is O=C(OCc1ccccc1)N1CCc2sc3ncnc(O[C@H]4CC[C@H](N5CCOCC5)CC4)c3c2C1. The van der Waals surface area contributed by atoms with Crippen molar-refractivity contribution in [3.8, 4) is 5.88 Å². The van der Waals surface area contributed by atoms with Gasteiger partial charge in [0, 0.05) is 36.1 Å². The van der Waals surface area contributed by atoms with E-state index < -0.39 is 0 Å². The molecule has 1 aromatic carbocycles. The van der Waals surface area contributed by atoms with Crippen LogP contribution in [0.5, 0.6) is 5.88 Å². The summed E-state index contributed by atoms with van der Waals surface area (Å²) in [6, 6.07) is 10.4. The molecule has 190 valence electrons. The molecule has 3 aromatic rings. The van der Waals surface area contributed by atoms with Gasteiger partial charge in [0.1, 0.15) is 23.9 Å². The van der Waals surface area contributed by atoms with Crippen LogP contribution in [0.15, 0.2) is 36.7 Å².